The van der Waals surface area contributed by atoms with Gasteiger partial charge >= 0.3 is 0 Å². The quantitative estimate of drug-likeness (QED) is 0.872. The molecule has 1 N–H and O–H groups in total. The monoisotopic (exact) mass is 287 g/mol. The van der Waals surface area contributed by atoms with Crippen molar-refractivity contribution in [3.63, 3.8) is 0 Å². The molecule has 116 valence electrons. The van der Waals surface area contributed by atoms with Crippen molar-refractivity contribution in [1.29, 1.82) is 0 Å². The summed E-state index contributed by atoms with van der Waals surface area (Å²) in [6.07, 6.45) is 9.94. The molecule has 2 atom stereocenters. The molecule has 1 spiro atoms. The van der Waals surface area contributed by atoms with E-state index in [2.05, 4.69) is 42.6 Å². The molecule has 2 aliphatic rings. The molecular formula is C19H29NO. The van der Waals surface area contributed by atoms with E-state index in [0.29, 0.717) is 17.6 Å². The average molecular weight is 287 g/mol. The Hall–Kier alpha value is -0.860. The lowest BCUT2D eigenvalue weighted by Crippen LogP contribution is -2.63. The van der Waals surface area contributed by atoms with Crippen LogP contribution in [-0.4, -0.2) is 18.7 Å². The molecule has 0 saturated heterocycles. The Bertz CT molecular complexity index is 422. The molecule has 0 amide bonds. The SMILES string of the molecule is CCNC1CC(OCc2ccccc2)C12CCCCCC2. The maximum atomic E-state index is 6.35. The largest absolute Gasteiger partial charge is 0.373 e. The van der Waals surface area contributed by atoms with Gasteiger partial charge in [0.15, 0.2) is 0 Å². The molecular weight excluding hydrogens is 258 g/mol. The standard InChI is InChI=1S/C19H29NO/c1-2-20-17-14-18(19(17)12-8-3-4-9-13-19)21-15-16-10-6-5-7-11-16/h5-7,10-11,17-18,20H,2-4,8-9,12-15H2,1H3. The fourth-order valence-electron chi connectivity index (χ4n) is 4.34. The van der Waals surface area contributed by atoms with Gasteiger partial charge in [-0.15, -0.1) is 0 Å². The third kappa shape index (κ3) is 3.17. The number of hydrogen-bond donors (Lipinski definition) is 1. The molecule has 21 heavy (non-hydrogen) atoms. The predicted molar refractivity (Wildman–Crippen MR) is 87.2 cm³/mol. The van der Waals surface area contributed by atoms with Crippen LogP contribution in [0.25, 0.3) is 0 Å². The van der Waals surface area contributed by atoms with Crippen molar-refractivity contribution in [3.8, 4) is 0 Å². The molecule has 1 aromatic rings. The van der Waals surface area contributed by atoms with Gasteiger partial charge in [0.1, 0.15) is 0 Å². The Morgan fingerprint density at radius 1 is 1.10 bits per heavy atom. The van der Waals surface area contributed by atoms with Gasteiger partial charge in [0, 0.05) is 11.5 Å². The minimum absolute atomic E-state index is 0.418. The lowest BCUT2D eigenvalue weighted by atomic mass is 9.57. The summed E-state index contributed by atoms with van der Waals surface area (Å²) in [5, 5.41) is 3.72. The summed E-state index contributed by atoms with van der Waals surface area (Å²) in [7, 11) is 0. The van der Waals surface area contributed by atoms with Gasteiger partial charge in [-0.2, -0.15) is 0 Å². The zero-order valence-electron chi connectivity index (χ0n) is 13.3. The van der Waals surface area contributed by atoms with Crippen molar-refractivity contribution in [1.82, 2.24) is 5.32 Å². The van der Waals surface area contributed by atoms with E-state index in [0.717, 1.165) is 13.2 Å². The molecule has 0 heterocycles. The minimum Gasteiger partial charge on any atom is -0.373 e. The topological polar surface area (TPSA) is 21.3 Å². The molecule has 2 aliphatic carbocycles. The predicted octanol–water partition coefficient (Wildman–Crippen LogP) is 4.29. The summed E-state index contributed by atoms with van der Waals surface area (Å²) in [6, 6.07) is 11.3. The first-order valence-electron chi connectivity index (χ1n) is 8.74. The highest BCUT2D eigenvalue weighted by molar-refractivity contribution is 5.14. The van der Waals surface area contributed by atoms with Gasteiger partial charge in [0.05, 0.1) is 12.7 Å². The van der Waals surface area contributed by atoms with Crippen molar-refractivity contribution in [3.05, 3.63) is 35.9 Å². The zero-order valence-corrected chi connectivity index (χ0v) is 13.3. The van der Waals surface area contributed by atoms with Crippen molar-refractivity contribution < 1.29 is 4.74 Å². The molecule has 2 heteroatoms. The smallest absolute Gasteiger partial charge is 0.0720 e. The van der Waals surface area contributed by atoms with E-state index in [9.17, 15) is 0 Å². The molecule has 0 radical (unpaired) electrons. The van der Waals surface area contributed by atoms with Crippen LogP contribution < -0.4 is 5.32 Å². The van der Waals surface area contributed by atoms with E-state index >= 15 is 0 Å². The maximum Gasteiger partial charge on any atom is 0.0720 e. The van der Waals surface area contributed by atoms with E-state index in [1.54, 1.807) is 0 Å². The van der Waals surface area contributed by atoms with Crippen LogP contribution in [0, 0.1) is 5.41 Å². The van der Waals surface area contributed by atoms with E-state index < -0.39 is 0 Å². The number of ether oxygens (including phenoxy) is 1. The zero-order chi connectivity index (χ0) is 14.5. The normalized spacial score (nSPS) is 28.0. The highest BCUT2D eigenvalue weighted by Gasteiger charge is 2.54. The number of hydrogen-bond acceptors (Lipinski definition) is 2. The number of nitrogens with one attached hydrogen (secondary N) is 1. The summed E-state index contributed by atoms with van der Waals surface area (Å²) in [6.45, 7) is 4.08. The van der Waals surface area contributed by atoms with Crippen LogP contribution in [0.15, 0.2) is 30.3 Å². The molecule has 0 aromatic heterocycles. The second-order valence-electron chi connectivity index (χ2n) is 6.78. The van der Waals surface area contributed by atoms with Crippen LogP contribution in [0.1, 0.15) is 57.4 Å². The number of rotatable bonds is 5. The van der Waals surface area contributed by atoms with Gasteiger partial charge < -0.3 is 10.1 Å². The summed E-state index contributed by atoms with van der Waals surface area (Å²) < 4.78 is 6.35. The first-order chi connectivity index (χ1) is 10.3. The van der Waals surface area contributed by atoms with Gasteiger partial charge in [-0.05, 0) is 31.4 Å². The average Bonchev–Trinajstić information content (AvgIpc) is 2.79. The van der Waals surface area contributed by atoms with E-state index in [4.69, 9.17) is 4.74 Å². The molecule has 2 saturated carbocycles. The van der Waals surface area contributed by atoms with Crippen LogP contribution in [0.2, 0.25) is 0 Å². The van der Waals surface area contributed by atoms with Gasteiger partial charge in [-0.1, -0.05) is 62.9 Å². The maximum absolute atomic E-state index is 6.35. The lowest BCUT2D eigenvalue weighted by molar-refractivity contribution is -0.150. The second-order valence-corrected chi connectivity index (χ2v) is 6.78. The third-order valence-electron chi connectivity index (χ3n) is 5.56. The van der Waals surface area contributed by atoms with Gasteiger partial charge in [-0.25, -0.2) is 0 Å². The van der Waals surface area contributed by atoms with Gasteiger partial charge in [0.25, 0.3) is 0 Å². The van der Waals surface area contributed by atoms with Crippen molar-refractivity contribution in [2.24, 2.45) is 5.41 Å². The van der Waals surface area contributed by atoms with Crippen LogP contribution in [0.3, 0.4) is 0 Å². The molecule has 1 aromatic carbocycles. The summed E-state index contributed by atoms with van der Waals surface area (Å²) in [4.78, 5) is 0. The summed E-state index contributed by atoms with van der Waals surface area (Å²) in [5.41, 5.74) is 1.72. The molecule has 2 fully saturated rings. The van der Waals surface area contributed by atoms with Crippen molar-refractivity contribution in [2.75, 3.05) is 6.54 Å². The molecule has 0 aliphatic heterocycles. The molecule has 2 unspecified atom stereocenters. The van der Waals surface area contributed by atoms with Crippen molar-refractivity contribution >= 4 is 0 Å². The number of benzene rings is 1. The van der Waals surface area contributed by atoms with Crippen molar-refractivity contribution in [2.45, 2.75) is 70.6 Å². The van der Waals surface area contributed by atoms with Crippen LogP contribution >= 0.6 is 0 Å². The van der Waals surface area contributed by atoms with E-state index in [1.807, 2.05) is 0 Å². The third-order valence-corrected chi connectivity index (χ3v) is 5.56. The van der Waals surface area contributed by atoms with Gasteiger partial charge in [0.2, 0.25) is 0 Å². The Balaban J connectivity index is 1.64. The molecule has 2 nitrogen and oxygen atoms in total. The fourth-order valence-corrected chi connectivity index (χ4v) is 4.34. The highest BCUT2D eigenvalue weighted by Crippen LogP contribution is 2.52. The Morgan fingerprint density at radius 3 is 2.48 bits per heavy atom. The first-order valence-corrected chi connectivity index (χ1v) is 8.74. The summed E-state index contributed by atoms with van der Waals surface area (Å²) >= 11 is 0. The van der Waals surface area contributed by atoms with Gasteiger partial charge in [-0.3, -0.25) is 0 Å². The summed E-state index contributed by atoms with van der Waals surface area (Å²) in [5.74, 6) is 0. The molecule has 3 rings (SSSR count). The lowest BCUT2D eigenvalue weighted by Gasteiger charge is -2.56. The van der Waals surface area contributed by atoms with Crippen LogP contribution in [0.5, 0.6) is 0 Å². The van der Waals surface area contributed by atoms with Crippen LogP contribution in [-0.2, 0) is 11.3 Å². The minimum atomic E-state index is 0.418. The second kappa shape index (κ2) is 6.93. The molecule has 0 bridgehead atoms. The fraction of sp³-hybridized carbons (Fsp3) is 0.684. The van der Waals surface area contributed by atoms with E-state index in [-0.39, 0.29) is 0 Å². The Kier molecular flexibility index (Phi) is 4.97. The van der Waals surface area contributed by atoms with Crippen LogP contribution in [0.4, 0.5) is 0 Å². The van der Waals surface area contributed by atoms with E-state index in [1.165, 1.54) is 50.5 Å². The Labute approximate surface area is 129 Å². The first kappa shape index (κ1) is 15.1. The Morgan fingerprint density at radius 2 is 1.81 bits per heavy atom. The highest BCUT2D eigenvalue weighted by atomic mass is 16.5.